The minimum Gasteiger partial charge on any atom is -0.494 e. The molecule has 0 aliphatic heterocycles. The van der Waals surface area contributed by atoms with Gasteiger partial charge in [0.2, 0.25) is 0 Å². The number of sulfonamides is 1. The second-order valence-corrected chi connectivity index (χ2v) is 8.64. The highest BCUT2D eigenvalue weighted by Gasteiger charge is 2.15. The Hall–Kier alpha value is -3.91. The van der Waals surface area contributed by atoms with Crippen molar-refractivity contribution in [2.45, 2.75) is 11.8 Å². The van der Waals surface area contributed by atoms with Gasteiger partial charge in [0.25, 0.3) is 15.9 Å². The Morgan fingerprint density at radius 2 is 1.66 bits per heavy atom. The number of nitrogens with zero attached hydrogens (tertiary/aromatic N) is 1. The van der Waals surface area contributed by atoms with Crippen LogP contribution in [0, 0.1) is 0 Å². The molecule has 32 heavy (non-hydrogen) atoms. The van der Waals surface area contributed by atoms with Crippen LogP contribution >= 0.6 is 0 Å². The molecule has 162 valence electrons. The van der Waals surface area contributed by atoms with Gasteiger partial charge in [-0.05, 0) is 67.6 Å². The van der Waals surface area contributed by atoms with Crippen LogP contribution in [0.5, 0.6) is 5.75 Å². The summed E-state index contributed by atoms with van der Waals surface area (Å²) in [5.41, 5.74) is 2.16. The molecule has 3 aromatic carbocycles. The van der Waals surface area contributed by atoms with E-state index in [-0.39, 0.29) is 10.8 Å². The smallest absolute Gasteiger partial charge is 0.261 e. The fourth-order valence-corrected chi connectivity index (χ4v) is 4.19. The molecule has 7 nitrogen and oxygen atoms in total. The van der Waals surface area contributed by atoms with Crippen molar-refractivity contribution in [2.75, 3.05) is 16.6 Å². The summed E-state index contributed by atoms with van der Waals surface area (Å²) in [5, 5.41) is 3.73. The number of para-hydroxylation sites is 1. The minimum absolute atomic E-state index is 0.117. The van der Waals surface area contributed by atoms with Crippen molar-refractivity contribution in [1.82, 2.24) is 4.98 Å². The molecule has 4 aromatic rings. The zero-order valence-electron chi connectivity index (χ0n) is 17.3. The van der Waals surface area contributed by atoms with Gasteiger partial charge in [-0.1, -0.05) is 18.2 Å². The van der Waals surface area contributed by atoms with Gasteiger partial charge in [0.15, 0.2) is 0 Å². The highest BCUT2D eigenvalue weighted by atomic mass is 32.2. The third-order valence-electron chi connectivity index (χ3n) is 4.69. The van der Waals surface area contributed by atoms with E-state index < -0.39 is 10.0 Å². The van der Waals surface area contributed by atoms with Gasteiger partial charge in [0, 0.05) is 16.6 Å². The summed E-state index contributed by atoms with van der Waals surface area (Å²) in [6, 6.07) is 21.8. The molecular formula is C24H21N3O4S. The molecular weight excluding hydrogens is 426 g/mol. The van der Waals surface area contributed by atoms with Crippen molar-refractivity contribution in [2.24, 2.45) is 0 Å². The van der Waals surface area contributed by atoms with E-state index in [1.165, 1.54) is 12.1 Å². The summed E-state index contributed by atoms with van der Waals surface area (Å²) < 4.78 is 33.0. The summed E-state index contributed by atoms with van der Waals surface area (Å²) >= 11 is 0. The molecule has 0 radical (unpaired) electrons. The molecule has 0 spiro atoms. The van der Waals surface area contributed by atoms with Gasteiger partial charge in [-0.2, -0.15) is 0 Å². The number of amides is 1. The third-order valence-corrected chi connectivity index (χ3v) is 6.09. The van der Waals surface area contributed by atoms with Crippen LogP contribution in [0.3, 0.4) is 0 Å². The number of hydrogen-bond acceptors (Lipinski definition) is 5. The molecule has 0 saturated carbocycles. The molecule has 1 aromatic heterocycles. The summed E-state index contributed by atoms with van der Waals surface area (Å²) in [7, 11) is -3.76. The lowest BCUT2D eigenvalue weighted by Gasteiger charge is -2.10. The average molecular weight is 448 g/mol. The fourth-order valence-electron chi connectivity index (χ4n) is 3.13. The standard InChI is InChI=1S/C24H21N3O4S/c1-2-31-21-11-13-22(14-12-21)32(29,30)27-19-9-7-17(8-10-19)24(28)26-20-15-18-5-3-4-6-23(18)25-16-20/h3-16,27H,2H2,1H3,(H,26,28). The Balaban J connectivity index is 1.44. The lowest BCUT2D eigenvalue weighted by Crippen LogP contribution is -2.14. The Labute approximate surface area is 186 Å². The summed E-state index contributed by atoms with van der Waals surface area (Å²) in [4.78, 5) is 17.0. The lowest BCUT2D eigenvalue weighted by molar-refractivity contribution is 0.102. The van der Waals surface area contributed by atoms with E-state index in [4.69, 9.17) is 4.74 Å². The van der Waals surface area contributed by atoms with Crippen LogP contribution in [0.4, 0.5) is 11.4 Å². The van der Waals surface area contributed by atoms with Crippen molar-refractivity contribution >= 4 is 38.2 Å². The van der Waals surface area contributed by atoms with Crippen molar-refractivity contribution in [3.8, 4) is 5.75 Å². The average Bonchev–Trinajstić information content (AvgIpc) is 2.80. The van der Waals surface area contributed by atoms with Crippen LogP contribution in [0.15, 0.2) is 90.0 Å². The van der Waals surface area contributed by atoms with E-state index in [1.54, 1.807) is 42.6 Å². The molecule has 0 fully saturated rings. The molecule has 1 heterocycles. The van der Waals surface area contributed by atoms with Crippen molar-refractivity contribution in [3.05, 3.63) is 90.6 Å². The molecule has 0 saturated heterocycles. The van der Waals surface area contributed by atoms with Crippen molar-refractivity contribution in [3.63, 3.8) is 0 Å². The first-order valence-corrected chi connectivity index (χ1v) is 11.4. The van der Waals surface area contributed by atoms with E-state index in [1.807, 2.05) is 37.3 Å². The van der Waals surface area contributed by atoms with Crippen LogP contribution < -0.4 is 14.8 Å². The predicted octanol–water partition coefficient (Wildman–Crippen LogP) is 4.69. The maximum atomic E-state index is 12.6. The zero-order chi connectivity index (χ0) is 22.6. The number of rotatable bonds is 7. The summed E-state index contributed by atoms with van der Waals surface area (Å²) in [6.07, 6.45) is 1.60. The van der Waals surface area contributed by atoms with Gasteiger partial charge in [-0.15, -0.1) is 0 Å². The molecule has 8 heteroatoms. The van der Waals surface area contributed by atoms with Gasteiger partial charge >= 0.3 is 0 Å². The number of hydrogen-bond donors (Lipinski definition) is 2. The highest BCUT2D eigenvalue weighted by Crippen LogP contribution is 2.21. The number of carbonyl (C=O) groups is 1. The predicted molar refractivity (Wildman–Crippen MR) is 125 cm³/mol. The van der Waals surface area contributed by atoms with E-state index in [2.05, 4.69) is 15.0 Å². The quantitative estimate of drug-likeness (QED) is 0.428. The maximum Gasteiger partial charge on any atom is 0.261 e. The maximum absolute atomic E-state index is 12.6. The fraction of sp³-hybridized carbons (Fsp3) is 0.0833. The van der Waals surface area contributed by atoms with E-state index in [9.17, 15) is 13.2 Å². The summed E-state index contributed by atoms with van der Waals surface area (Å²) in [5.74, 6) is 0.284. The first-order chi connectivity index (χ1) is 15.4. The third kappa shape index (κ3) is 4.87. The van der Waals surface area contributed by atoms with Crippen LogP contribution in [0.2, 0.25) is 0 Å². The molecule has 0 unspecified atom stereocenters. The van der Waals surface area contributed by atoms with Gasteiger partial charge in [0.1, 0.15) is 5.75 Å². The Morgan fingerprint density at radius 1 is 0.938 bits per heavy atom. The number of ether oxygens (including phenoxy) is 1. The van der Waals surface area contributed by atoms with Crippen LogP contribution in [-0.4, -0.2) is 25.9 Å². The zero-order valence-corrected chi connectivity index (χ0v) is 18.1. The first-order valence-electron chi connectivity index (χ1n) is 9.96. The van der Waals surface area contributed by atoms with Gasteiger partial charge in [0.05, 0.1) is 28.9 Å². The van der Waals surface area contributed by atoms with Crippen molar-refractivity contribution in [1.29, 1.82) is 0 Å². The number of fused-ring (bicyclic) bond motifs is 1. The molecule has 0 aliphatic carbocycles. The molecule has 2 N–H and O–H groups in total. The highest BCUT2D eigenvalue weighted by molar-refractivity contribution is 7.92. The Kier molecular flexibility index (Phi) is 6.04. The van der Waals surface area contributed by atoms with E-state index >= 15 is 0 Å². The first kappa shape index (κ1) is 21.3. The van der Waals surface area contributed by atoms with Gasteiger partial charge in [-0.25, -0.2) is 8.42 Å². The normalized spacial score (nSPS) is 11.2. The molecule has 0 atom stereocenters. The molecule has 1 amide bonds. The SMILES string of the molecule is CCOc1ccc(S(=O)(=O)Nc2ccc(C(=O)Nc3cnc4ccccc4c3)cc2)cc1. The second-order valence-electron chi connectivity index (χ2n) is 6.96. The largest absolute Gasteiger partial charge is 0.494 e. The van der Waals surface area contributed by atoms with Crippen molar-refractivity contribution < 1.29 is 17.9 Å². The number of carbonyl (C=O) groups excluding carboxylic acids is 1. The summed E-state index contributed by atoms with van der Waals surface area (Å²) in [6.45, 7) is 2.36. The number of benzene rings is 3. The van der Waals surface area contributed by atoms with Gasteiger partial charge in [-0.3, -0.25) is 14.5 Å². The van der Waals surface area contributed by atoms with Crippen LogP contribution in [0.1, 0.15) is 17.3 Å². The molecule has 4 rings (SSSR count). The van der Waals surface area contributed by atoms with Gasteiger partial charge < -0.3 is 10.1 Å². The Morgan fingerprint density at radius 3 is 2.38 bits per heavy atom. The van der Waals surface area contributed by atoms with E-state index in [0.29, 0.717) is 29.3 Å². The number of pyridine rings is 1. The number of aromatic nitrogens is 1. The van der Waals surface area contributed by atoms with Crippen LogP contribution in [-0.2, 0) is 10.0 Å². The second kappa shape index (κ2) is 9.07. The van der Waals surface area contributed by atoms with E-state index in [0.717, 1.165) is 10.9 Å². The lowest BCUT2D eigenvalue weighted by atomic mass is 10.2. The number of nitrogens with one attached hydrogen (secondary N) is 2. The molecule has 0 bridgehead atoms. The topological polar surface area (TPSA) is 97.4 Å². The Bertz CT molecular complexity index is 1350. The molecule has 0 aliphatic rings. The van der Waals surface area contributed by atoms with Crippen LogP contribution in [0.25, 0.3) is 10.9 Å². The minimum atomic E-state index is -3.76. The monoisotopic (exact) mass is 447 g/mol. The number of anilines is 2.